The lowest BCUT2D eigenvalue weighted by atomic mass is 9.87. The van der Waals surface area contributed by atoms with E-state index in [0.29, 0.717) is 31.1 Å². The molecule has 118 valence electrons. The molecule has 2 heterocycles. The van der Waals surface area contributed by atoms with E-state index in [1.165, 1.54) is 6.07 Å². The summed E-state index contributed by atoms with van der Waals surface area (Å²) < 4.78 is 45.4. The maximum absolute atomic E-state index is 12.8. The fourth-order valence-corrected chi connectivity index (χ4v) is 2.52. The normalized spacial score (nSPS) is 17.3. The van der Waals surface area contributed by atoms with Crippen molar-refractivity contribution in [2.24, 2.45) is 5.41 Å². The summed E-state index contributed by atoms with van der Waals surface area (Å²) >= 11 is 0. The molecule has 4 nitrogen and oxygen atoms in total. The SMILES string of the molecule is OCC1(Cn2ccnc2-c2cccc(C(F)(F)F)c2)COC1. The molecule has 1 aromatic heterocycles. The molecule has 0 saturated carbocycles. The van der Waals surface area contributed by atoms with Crippen LogP contribution in [0.1, 0.15) is 5.56 Å². The summed E-state index contributed by atoms with van der Waals surface area (Å²) in [5, 5.41) is 9.49. The number of hydrogen-bond donors (Lipinski definition) is 1. The van der Waals surface area contributed by atoms with Crippen molar-refractivity contribution in [3.05, 3.63) is 42.2 Å². The van der Waals surface area contributed by atoms with Gasteiger partial charge in [-0.1, -0.05) is 12.1 Å². The Hall–Kier alpha value is -1.86. The van der Waals surface area contributed by atoms with Crippen molar-refractivity contribution in [2.45, 2.75) is 12.7 Å². The number of nitrogens with zero attached hydrogens (tertiary/aromatic N) is 2. The van der Waals surface area contributed by atoms with Crippen LogP contribution in [0.3, 0.4) is 0 Å². The number of ether oxygens (including phenoxy) is 1. The van der Waals surface area contributed by atoms with Crippen molar-refractivity contribution in [1.29, 1.82) is 0 Å². The Morgan fingerprint density at radius 3 is 2.68 bits per heavy atom. The summed E-state index contributed by atoms with van der Waals surface area (Å²) in [6, 6.07) is 5.08. The van der Waals surface area contributed by atoms with E-state index in [9.17, 15) is 18.3 Å². The Morgan fingerprint density at radius 2 is 2.09 bits per heavy atom. The van der Waals surface area contributed by atoms with Crippen LogP contribution < -0.4 is 0 Å². The maximum Gasteiger partial charge on any atom is 0.416 e. The Kier molecular flexibility index (Phi) is 3.70. The Bertz CT molecular complexity index is 657. The van der Waals surface area contributed by atoms with Crippen LogP contribution in [0.5, 0.6) is 0 Å². The monoisotopic (exact) mass is 312 g/mol. The fraction of sp³-hybridized carbons (Fsp3) is 0.400. The number of aliphatic hydroxyl groups excluding tert-OH is 1. The quantitative estimate of drug-likeness (QED) is 0.944. The highest BCUT2D eigenvalue weighted by Gasteiger charge is 2.39. The van der Waals surface area contributed by atoms with E-state index in [1.807, 2.05) is 0 Å². The molecule has 0 bridgehead atoms. The average molecular weight is 312 g/mol. The van der Waals surface area contributed by atoms with E-state index in [4.69, 9.17) is 4.74 Å². The van der Waals surface area contributed by atoms with Gasteiger partial charge >= 0.3 is 6.18 Å². The summed E-state index contributed by atoms with van der Waals surface area (Å²) in [6.45, 7) is 1.29. The molecule has 0 unspecified atom stereocenters. The molecule has 1 aliphatic heterocycles. The van der Waals surface area contributed by atoms with E-state index in [2.05, 4.69) is 4.98 Å². The average Bonchev–Trinajstić information content (AvgIpc) is 2.90. The number of hydrogen-bond acceptors (Lipinski definition) is 3. The van der Waals surface area contributed by atoms with Crippen molar-refractivity contribution < 1.29 is 23.0 Å². The van der Waals surface area contributed by atoms with E-state index >= 15 is 0 Å². The number of imidazole rings is 1. The molecule has 3 rings (SSSR count). The van der Waals surface area contributed by atoms with Crippen molar-refractivity contribution in [2.75, 3.05) is 19.8 Å². The third-order valence-electron chi connectivity index (χ3n) is 3.82. The molecule has 1 fully saturated rings. The second kappa shape index (κ2) is 5.40. The molecule has 1 aliphatic rings. The van der Waals surface area contributed by atoms with Crippen LogP contribution in [0.2, 0.25) is 0 Å². The van der Waals surface area contributed by atoms with E-state index in [1.54, 1.807) is 23.0 Å². The molecule has 2 aromatic rings. The van der Waals surface area contributed by atoms with Crippen molar-refractivity contribution in [1.82, 2.24) is 9.55 Å². The largest absolute Gasteiger partial charge is 0.416 e. The Morgan fingerprint density at radius 1 is 1.32 bits per heavy atom. The zero-order chi connectivity index (χ0) is 15.8. The molecule has 1 N–H and O–H groups in total. The van der Waals surface area contributed by atoms with Gasteiger partial charge in [-0.05, 0) is 12.1 Å². The summed E-state index contributed by atoms with van der Waals surface area (Å²) in [5.41, 5.74) is -0.687. The van der Waals surface area contributed by atoms with Gasteiger partial charge in [-0.15, -0.1) is 0 Å². The standard InChI is InChI=1S/C15H15F3N2O2/c16-15(17,18)12-3-1-2-11(6-12)13-19-4-5-20(13)7-14(8-21)9-22-10-14/h1-6,21H,7-10H2. The molecule has 0 spiro atoms. The van der Waals surface area contributed by atoms with Crippen LogP contribution >= 0.6 is 0 Å². The third-order valence-corrected chi connectivity index (χ3v) is 3.82. The number of aromatic nitrogens is 2. The fourth-order valence-electron chi connectivity index (χ4n) is 2.52. The van der Waals surface area contributed by atoms with Gasteiger partial charge in [-0.2, -0.15) is 13.2 Å². The molecule has 7 heteroatoms. The number of rotatable bonds is 4. The van der Waals surface area contributed by atoms with Crippen LogP contribution in [0, 0.1) is 5.41 Å². The first-order chi connectivity index (χ1) is 10.4. The second-order valence-electron chi connectivity index (χ2n) is 5.61. The molecular formula is C15H15F3N2O2. The van der Waals surface area contributed by atoms with Crippen LogP contribution in [0.4, 0.5) is 13.2 Å². The predicted molar refractivity (Wildman–Crippen MR) is 73.0 cm³/mol. The minimum absolute atomic E-state index is 0.0345. The lowest BCUT2D eigenvalue weighted by Gasteiger charge is -2.40. The van der Waals surface area contributed by atoms with Gasteiger partial charge in [0.1, 0.15) is 5.82 Å². The lowest BCUT2D eigenvalue weighted by molar-refractivity contribution is -0.144. The number of halogens is 3. The van der Waals surface area contributed by atoms with Gasteiger partial charge in [0.25, 0.3) is 0 Å². The number of alkyl halides is 3. The molecule has 1 aromatic carbocycles. The van der Waals surface area contributed by atoms with E-state index in [-0.39, 0.29) is 12.0 Å². The first-order valence-corrected chi connectivity index (χ1v) is 6.81. The summed E-state index contributed by atoms with van der Waals surface area (Å²) in [6.07, 6.45) is -1.15. The highest BCUT2D eigenvalue weighted by atomic mass is 19.4. The number of aliphatic hydroxyl groups is 1. The van der Waals surface area contributed by atoms with Crippen molar-refractivity contribution in [3.63, 3.8) is 0 Å². The van der Waals surface area contributed by atoms with E-state index in [0.717, 1.165) is 12.1 Å². The maximum atomic E-state index is 12.8. The smallest absolute Gasteiger partial charge is 0.396 e. The first-order valence-electron chi connectivity index (χ1n) is 6.81. The topological polar surface area (TPSA) is 47.3 Å². The van der Waals surface area contributed by atoms with Gasteiger partial charge in [-0.25, -0.2) is 4.98 Å². The highest BCUT2D eigenvalue weighted by molar-refractivity contribution is 5.57. The zero-order valence-electron chi connectivity index (χ0n) is 11.7. The predicted octanol–water partition coefficient (Wildman–Crippen LogP) is 2.58. The molecule has 0 atom stereocenters. The molecule has 22 heavy (non-hydrogen) atoms. The molecular weight excluding hydrogens is 297 g/mol. The number of benzene rings is 1. The van der Waals surface area contributed by atoms with Gasteiger partial charge in [0.2, 0.25) is 0 Å². The minimum Gasteiger partial charge on any atom is -0.396 e. The van der Waals surface area contributed by atoms with Crippen LogP contribution in [0.15, 0.2) is 36.7 Å². The van der Waals surface area contributed by atoms with Gasteiger partial charge in [0.05, 0.1) is 30.8 Å². The highest BCUT2D eigenvalue weighted by Crippen LogP contribution is 2.33. The van der Waals surface area contributed by atoms with Crippen LogP contribution in [-0.2, 0) is 17.5 Å². The van der Waals surface area contributed by atoms with Gasteiger partial charge in [0, 0.05) is 24.5 Å². The Balaban J connectivity index is 1.92. The molecule has 1 saturated heterocycles. The minimum atomic E-state index is -4.39. The third kappa shape index (κ3) is 2.74. The van der Waals surface area contributed by atoms with Crippen molar-refractivity contribution in [3.8, 4) is 11.4 Å². The molecule has 0 radical (unpaired) electrons. The molecule has 0 amide bonds. The zero-order valence-corrected chi connectivity index (χ0v) is 11.7. The molecule has 0 aliphatic carbocycles. The second-order valence-corrected chi connectivity index (χ2v) is 5.61. The van der Waals surface area contributed by atoms with Gasteiger partial charge in [0.15, 0.2) is 0 Å². The van der Waals surface area contributed by atoms with Gasteiger partial charge in [-0.3, -0.25) is 0 Å². The lowest BCUT2D eigenvalue weighted by Crippen LogP contribution is -2.48. The first kappa shape index (κ1) is 15.1. The Labute approximate surface area is 125 Å². The van der Waals surface area contributed by atoms with Crippen LogP contribution in [-0.4, -0.2) is 34.5 Å². The summed E-state index contributed by atoms with van der Waals surface area (Å²) in [5.74, 6) is 0.450. The van der Waals surface area contributed by atoms with Crippen molar-refractivity contribution >= 4 is 0 Å². The van der Waals surface area contributed by atoms with Gasteiger partial charge < -0.3 is 14.4 Å². The summed E-state index contributed by atoms with van der Waals surface area (Å²) in [7, 11) is 0. The summed E-state index contributed by atoms with van der Waals surface area (Å²) in [4.78, 5) is 4.16. The van der Waals surface area contributed by atoms with Crippen LogP contribution in [0.25, 0.3) is 11.4 Å². The van der Waals surface area contributed by atoms with E-state index < -0.39 is 11.7 Å².